The molecule has 52 heavy (non-hydrogen) atoms. The number of aryl methyl sites for hydroxylation is 1. The molecule has 3 aromatic rings. The number of amides is 3. The van der Waals surface area contributed by atoms with Gasteiger partial charge in [-0.15, -0.1) is 0 Å². The second kappa shape index (κ2) is 17.0. The molecule has 3 amide bonds. The van der Waals surface area contributed by atoms with Gasteiger partial charge in [0.05, 0.1) is 0 Å². The van der Waals surface area contributed by atoms with Crippen LogP contribution in [-0.2, 0) is 36.7 Å². The topological polar surface area (TPSA) is 154 Å². The fourth-order valence-electron chi connectivity index (χ4n) is 5.56. The van der Waals surface area contributed by atoms with E-state index in [9.17, 15) is 24.6 Å². The standard InChI is InChI=1S/C41H55N3O8/c1-11-41(9,10)44(36(48)31(43-38(50)52-40(6,7)8)24-28-17-20-30(45)21-18-28)34(29-19-22-33(46)26(2)23-29)35(47)42-32(37(49)51-39(3,4)5)25-27-15-13-12-14-16-27/h12-23,31-32,34,45-46H,11,24-25H2,1-10H3,(H,42,47)(H,43,50). The van der Waals surface area contributed by atoms with Gasteiger partial charge < -0.3 is 35.2 Å². The molecular weight excluding hydrogens is 662 g/mol. The summed E-state index contributed by atoms with van der Waals surface area (Å²) in [7, 11) is 0. The number of phenols is 2. The van der Waals surface area contributed by atoms with Crippen LogP contribution in [0.1, 0.15) is 97.0 Å². The Hall–Kier alpha value is -5.06. The predicted molar refractivity (Wildman–Crippen MR) is 200 cm³/mol. The van der Waals surface area contributed by atoms with Crippen molar-refractivity contribution in [1.82, 2.24) is 15.5 Å². The third kappa shape index (κ3) is 12.0. The minimum absolute atomic E-state index is 0.00282. The van der Waals surface area contributed by atoms with Crippen molar-refractivity contribution in [2.75, 3.05) is 0 Å². The van der Waals surface area contributed by atoms with E-state index in [2.05, 4.69) is 10.6 Å². The quantitative estimate of drug-likeness (QED) is 0.143. The molecule has 0 aliphatic rings. The Morgan fingerprint density at radius 2 is 1.29 bits per heavy atom. The third-order valence-electron chi connectivity index (χ3n) is 8.45. The molecule has 0 aromatic heterocycles. The second-order valence-electron chi connectivity index (χ2n) is 15.7. The summed E-state index contributed by atoms with van der Waals surface area (Å²) in [6, 6.07) is 16.4. The Kier molecular flexibility index (Phi) is 13.5. The van der Waals surface area contributed by atoms with Crippen molar-refractivity contribution in [3.8, 4) is 11.5 Å². The molecule has 0 radical (unpaired) electrons. The summed E-state index contributed by atoms with van der Waals surface area (Å²) in [5, 5.41) is 26.0. The Balaban J connectivity index is 2.21. The van der Waals surface area contributed by atoms with Crippen molar-refractivity contribution in [3.05, 3.63) is 95.1 Å². The Morgan fingerprint density at radius 3 is 1.83 bits per heavy atom. The van der Waals surface area contributed by atoms with E-state index < -0.39 is 58.7 Å². The summed E-state index contributed by atoms with van der Waals surface area (Å²) < 4.78 is 11.3. The molecule has 0 heterocycles. The van der Waals surface area contributed by atoms with E-state index in [4.69, 9.17) is 9.47 Å². The number of nitrogens with one attached hydrogen (secondary N) is 2. The molecule has 3 unspecified atom stereocenters. The Labute approximate surface area is 307 Å². The number of hydrogen-bond acceptors (Lipinski definition) is 8. The number of rotatable bonds is 13. The predicted octanol–water partition coefficient (Wildman–Crippen LogP) is 6.67. The number of alkyl carbamates (subject to hydrolysis) is 1. The number of ether oxygens (including phenoxy) is 2. The van der Waals surface area contributed by atoms with Crippen LogP contribution in [0, 0.1) is 6.92 Å². The molecule has 3 atom stereocenters. The van der Waals surface area contributed by atoms with E-state index >= 15 is 4.79 Å². The number of benzene rings is 3. The summed E-state index contributed by atoms with van der Waals surface area (Å²) in [5.74, 6) is -1.85. The van der Waals surface area contributed by atoms with E-state index in [1.54, 1.807) is 72.7 Å². The maximum Gasteiger partial charge on any atom is 0.408 e. The van der Waals surface area contributed by atoms with Crippen LogP contribution < -0.4 is 10.6 Å². The van der Waals surface area contributed by atoms with Crippen molar-refractivity contribution in [3.63, 3.8) is 0 Å². The van der Waals surface area contributed by atoms with Crippen molar-refractivity contribution in [2.24, 2.45) is 0 Å². The van der Waals surface area contributed by atoms with Gasteiger partial charge >= 0.3 is 12.1 Å². The van der Waals surface area contributed by atoms with Crippen LogP contribution in [0.4, 0.5) is 4.79 Å². The van der Waals surface area contributed by atoms with Crippen LogP contribution in [0.2, 0.25) is 0 Å². The molecule has 0 aliphatic heterocycles. The fourth-order valence-corrected chi connectivity index (χ4v) is 5.56. The highest BCUT2D eigenvalue weighted by atomic mass is 16.6. The van der Waals surface area contributed by atoms with Crippen molar-refractivity contribution < 1.29 is 38.9 Å². The van der Waals surface area contributed by atoms with Crippen LogP contribution in [0.25, 0.3) is 0 Å². The number of esters is 1. The largest absolute Gasteiger partial charge is 0.508 e. The van der Waals surface area contributed by atoms with Gasteiger partial charge in [-0.1, -0.05) is 55.5 Å². The maximum absolute atomic E-state index is 15.1. The average molecular weight is 718 g/mol. The average Bonchev–Trinajstić information content (AvgIpc) is 3.03. The van der Waals surface area contributed by atoms with Gasteiger partial charge in [-0.05, 0) is 115 Å². The molecule has 0 aliphatic carbocycles. The first-order valence-corrected chi connectivity index (χ1v) is 17.6. The van der Waals surface area contributed by atoms with Crippen molar-refractivity contribution in [2.45, 2.75) is 123 Å². The van der Waals surface area contributed by atoms with Gasteiger partial charge in [-0.3, -0.25) is 9.59 Å². The van der Waals surface area contributed by atoms with E-state index in [-0.39, 0.29) is 24.3 Å². The summed E-state index contributed by atoms with van der Waals surface area (Å²) in [6.07, 6.45) is -0.297. The zero-order chi connectivity index (χ0) is 39.0. The first kappa shape index (κ1) is 41.4. The summed E-state index contributed by atoms with van der Waals surface area (Å²) in [6.45, 7) is 17.5. The molecule has 0 spiro atoms. The number of aromatic hydroxyl groups is 2. The minimum atomic E-state index is -1.33. The SMILES string of the molecule is CCC(C)(C)N(C(=O)C(Cc1ccc(O)cc1)NC(=O)OC(C)(C)C)C(C(=O)NC(Cc1ccccc1)C(=O)OC(C)(C)C)c1ccc(O)c(C)c1. The highest BCUT2D eigenvalue weighted by Crippen LogP contribution is 2.34. The first-order valence-electron chi connectivity index (χ1n) is 17.6. The lowest BCUT2D eigenvalue weighted by Gasteiger charge is -2.45. The molecule has 11 nitrogen and oxygen atoms in total. The number of carbonyl (C=O) groups is 4. The molecule has 3 rings (SSSR count). The molecule has 3 aromatic carbocycles. The van der Waals surface area contributed by atoms with Crippen LogP contribution in [0.15, 0.2) is 72.8 Å². The first-order chi connectivity index (χ1) is 24.1. The Bertz CT molecular complexity index is 1690. The Morgan fingerprint density at radius 1 is 0.731 bits per heavy atom. The smallest absolute Gasteiger partial charge is 0.408 e. The van der Waals surface area contributed by atoms with E-state index in [1.165, 1.54) is 23.1 Å². The number of hydrogen-bond donors (Lipinski definition) is 4. The van der Waals surface area contributed by atoms with E-state index in [0.717, 1.165) is 5.56 Å². The minimum Gasteiger partial charge on any atom is -0.508 e. The molecular formula is C41H55N3O8. The summed E-state index contributed by atoms with van der Waals surface area (Å²) in [4.78, 5) is 58.2. The zero-order valence-electron chi connectivity index (χ0n) is 32.1. The van der Waals surface area contributed by atoms with Crippen molar-refractivity contribution >= 4 is 23.9 Å². The molecule has 0 fully saturated rings. The third-order valence-corrected chi connectivity index (χ3v) is 8.45. The molecule has 0 saturated carbocycles. The van der Waals surface area contributed by atoms with Gasteiger partial charge in [0, 0.05) is 18.4 Å². The van der Waals surface area contributed by atoms with Crippen LogP contribution in [0.5, 0.6) is 11.5 Å². The molecule has 0 saturated heterocycles. The zero-order valence-corrected chi connectivity index (χ0v) is 32.1. The van der Waals surface area contributed by atoms with E-state index in [0.29, 0.717) is 23.1 Å². The monoisotopic (exact) mass is 717 g/mol. The van der Waals surface area contributed by atoms with Crippen molar-refractivity contribution in [1.29, 1.82) is 0 Å². The van der Waals surface area contributed by atoms with Crippen LogP contribution in [0.3, 0.4) is 0 Å². The fraction of sp³-hybridized carbons (Fsp3) is 0.463. The van der Waals surface area contributed by atoms with Gasteiger partial charge in [0.25, 0.3) is 0 Å². The van der Waals surface area contributed by atoms with Gasteiger partial charge in [0.1, 0.15) is 40.8 Å². The number of nitrogens with zero attached hydrogens (tertiary/aromatic N) is 1. The van der Waals surface area contributed by atoms with Gasteiger partial charge in [0.2, 0.25) is 11.8 Å². The van der Waals surface area contributed by atoms with Crippen LogP contribution >= 0.6 is 0 Å². The molecule has 0 bridgehead atoms. The lowest BCUT2D eigenvalue weighted by molar-refractivity contribution is -0.159. The maximum atomic E-state index is 15.1. The molecule has 4 N–H and O–H groups in total. The normalized spacial score (nSPS) is 13.7. The highest BCUT2D eigenvalue weighted by Gasteiger charge is 2.44. The van der Waals surface area contributed by atoms with E-state index in [1.807, 2.05) is 51.1 Å². The highest BCUT2D eigenvalue weighted by molar-refractivity contribution is 5.94. The van der Waals surface area contributed by atoms with Gasteiger partial charge in [-0.25, -0.2) is 9.59 Å². The lowest BCUT2D eigenvalue weighted by atomic mass is 9.90. The lowest BCUT2D eigenvalue weighted by Crippen LogP contribution is -2.60. The van der Waals surface area contributed by atoms with Crippen LogP contribution in [-0.4, -0.2) is 67.8 Å². The summed E-state index contributed by atoms with van der Waals surface area (Å²) in [5.41, 5.74) is -0.424. The second-order valence-corrected chi connectivity index (χ2v) is 15.7. The summed E-state index contributed by atoms with van der Waals surface area (Å²) >= 11 is 0. The molecule has 11 heteroatoms. The number of phenolic OH excluding ortho intramolecular Hbond substituents is 2. The number of carbonyl (C=O) groups excluding carboxylic acids is 4. The van der Waals surface area contributed by atoms with Gasteiger partial charge in [0.15, 0.2) is 0 Å². The van der Waals surface area contributed by atoms with Gasteiger partial charge in [-0.2, -0.15) is 0 Å². The molecule has 282 valence electrons.